The van der Waals surface area contributed by atoms with E-state index in [1.165, 1.54) is 11.6 Å². The number of para-hydroxylation sites is 1. The lowest BCUT2D eigenvalue weighted by Crippen LogP contribution is -1.97. The van der Waals surface area contributed by atoms with Crippen molar-refractivity contribution in [3.63, 3.8) is 0 Å². The summed E-state index contributed by atoms with van der Waals surface area (Å²) in [6.45, 7) is 2.19. The van der Waals surface area contributed by atoms with Crippen molar-refractivity contribution in [1.29, 1.82) is 0 Å². The van der Waals surface area contributed by atoms with Crippen LogP contribution in [0, 0.1) is 12.7 Å². The lowest BCUT2D eigenvalue weighted by molar-refractivity contribution is 0.276. The molecule has 0 saturated heterocycles. The lowest BCUT2D eigenvalue weighted by Gasteiger charge is -2.03. The van der Waals surface area contributed by atoms with E-state index in [2.05, 4.69) is 5.16 Å². The molecule has 0 unspecified atom stereocenters. The van der Waals surface area contributed by atoms with Crippen LogP contribution in [-0.2, 0) is 6.61 Å². The average molecular weight is 283 g/mol. The molecule has 0 spiro atoms. The summed E-state index contributed by atoms with van der Waals surface area (Å²) >= 11 is 0. The van der Waals surface area contributed by atoms with Gasteiger partial charge in [0.1, 0.15) is 12.3 Å². The monoisotopic (exact) mass is 283 g/mol. The highest BCUT2D eigenvalue weighted by Gasteiger charge is 2.08. The zero-order valence-electron chi connectivity index (χ0n) is 11.5. The molecule has 3 aromatic rings. The van der Waals surface area contributed by atoms with Crippen molar-refractivity contribution < 1.29 is 13.7 Å². The van der Waals surface area contributed by atoms with Gasteiger partial charge >= 0.3 is 0 Å². The smallest absolute Gasteiger partial charge is 0.167 e. The molecule has 21 heavy (non-hydrogen) atoms. The summed E-state index contributed by atoms with van der Waals surface area (Å²) < 4.78 is 24.1. The van der Waals surface area contributed by atoms with Crippen molar-refractivity contribution in [2.24, 2.45) is 0 Å². The second-order valence-electron chi connectivity index (χ2n) is 4.77. The predicted octanol–water partition coefficient (Wildman–Crippen LogP) is 4.37. The van der Waals surface area contributed by atoms with E-state index >= 15 is 0 Å². The Morgan fingerprint density at radius 2 is 1.86 bits per heavy atom. The minimum absolute atomic E-state index is 0.163. The molecule has 3 rings (SSSR count). The second-order valence-corrected chi connectivity index (χ2v) is 4.77. The van der Waals surface area contributed by atoms with E-state index in [0.717, 1.165) is 5.56 Å². The van der Waals surface area contributed by atoms with E-state index in [1.54, 1.807) is 24.3 Å². The molecule has 0 aliphatic rings. The molecule has 1 heterocycles. The highest BCUT2D eigenvalue weighted by Crippen LogP contribution is 2.22. The summed E-state index contributed by atoms with van der Waals surface area (Å²) in [7, 11) is 0. The largest absolute Gasteiger partial charge is 0.484 e. The standard InChI is InChI=1S/C17H14FNO2/c1-12-6-8-13(9-7-12)17-10-14(19-21-17)11-20-16-5-3-2-4-15(16)18/h2-10H,11H2,1H3. The molecular weight excluding hydrogens is 269 g/mol. The quantitative estimate of drug-likeness (QED) is 0.713. The number of ether oxygens (including phenoxy) is 1. The van der Waals surface area contributed by atoms with E-state index in [1.807, 2.05) is 31.2 Å². The number of rotatable bonds is 4. The number of aryl methyl sites for hydroxylation is 1. The van der Waals surface area contributed by atoms with Gasteiger partial charge in [0.25, 0.3) is 0 Å². The van der Waals surface area contributed by atoms with Gasteiger partial charge in [0.2, 0.25) is 0 Å². The summed E-state index contributed by atoms with van der Waals surface area (Å²) in [5, 5.41) is 3.94. The van der Waals surface area contributed by atoms with Crippen molar-refractivity contribution in [1.82, 2.24) is 5.16 Å². The van der Waals surface area contributed by atoms with Gasteiger partial charge in [0.05, 0.1) is 0 Å². The zero-order chi connectivity index (χ0) is 14.7. The van der Waals surface area contributed by atoms with Crippen LogP contribution >= 0.6 is 0 Å². The molecule has 4 heteroatoms. The molecule has 3 nitrogen and oxygen atoms in total. The van der Waals surface area contributed by atoms with E-state index in [0.29, 0.717) is 11.5 Å². The molecule has 0 fully saturated rings. The number of halogens is 1. The van der Waals surface area contributed by atoms with Gasteiger partial charge < -0.3 is 9.26 Å². The fourth-order valence-corrected chi connectivity index (χ4v) is 1.95. The molecular formula is C17H14FNO2. The van der Waals surface area contributed by atoms with Crippen LogP contribution in [0.5, 0.6) is 5.75 Å². The molecule has 1 aromatic heterocycles. The van der Waals surface area contributed by atoms with Crippen molar-refractivity contribution in [3.8, 4) is 17.1 Å². The average Bonchev–Trinajstić information content (AvgIpc) is 2.96. The maximum Gasteiger partial charge on any atom is 0.167 e. The second kappa shape index (κ2) is 5.79. The Kier molecular flexibility index (Phi) is 3.69. The molecule has 0 radical (unpaired) electrons. The molecule has 0 aliphatic carbocycles. The van der Waals surface area contributed by atoms with Crippen LogP contribution in [0.15, 0.2) is 59.1 Å². The van der Waals surface area contributed by atoms with E-state index in [-0.39, 0.29) is 18.2 Å². The zero-order valence-corrected chi connectivity index (χ0v) is 11.5. The van der Waals surface area contributed by atoms with Crippen LogP contribution in [0.25, 0.3) is 11.3 Å². The molecule has 0 amide bonds. The van der Waals surface area contributed by atoms with Gasteiger partial charge in [-0.25, -0.2) is 4.39 Å². The molecule has 0 N–H and O–H groups in total. The Morgan fingerprint density at radius 1 is 1.10 bits per heavy atom. The maximum atomic E-state index is 13.4. The van der Waals surface area contributed by atoms with Gasteiger partial charge in [-0.05, 0) is 19.1 Å². The van der Waals surface area contributed by atoms with E-state index in [9.17, 15) is 4.39 Å². The van der Waals surface area contributed by atoms with E-state index in [4.69, 9.17) is 9.26 Å². The van der Waals surface area contributed by atoms with Crippen LogP contribution in [-0.4, -0.2) is 5.16 Å². The number of aromatic nitrogens is 1. The van der Waals surface area contributed by atoms with Crippen LogP contribution in [0.3, 0.4) is 0 Å². The Morgan fingerprint density at radius 3 is 2.62 bits per heavy atom. The first-order chi connectivity index (χ1) is 10.2. The number of hydrogen-bond donors (Lipinski definition) is 0. The SMILES string of the molecule is Cc1ccc(-c2cc(COc3ccccc3F)no2)cc1. The molecule has 0 bridgehead atoms. The molecule has 0 saturated carbocycles. The van der Waals surface area contributed by atoms with Gasteiger partial charge in [0, 0.05) is 11.6 Å². The minimum atomic E-state index is -0.389. The summed E-state index contributed by atoms with van der Waals surface area (Å²) in [5.41, 5.74) is 2.75. The summed E-state index contributed by atoms with van der Waals surface area (Å²) in [4.78, 5) is 0. The molecule has 0 atom stereocenters. The fraction of sp³-hybridized carbons (Fsp3) is 0.118. The van der Waals surface area contributed by atoms with Gasteiger partial charge in [-0.2, -0.15) is 0 Å². The summed E-state index contributed by atoms with van der Waals surface area (Å²) in [6.07, 6.45) is 0. The third-order valence-electron chi connectivity index (χ3n) is 3.11. The number of nitrogens with zero attached hydrogens (tertiary/aromatic N) is 1. The number of hydrogen-bond acceptors (Lipinski definition) is 3. The van der Waals surface area contributed by atoms with Crippen molar-refractivity contribution in [2.75, 3.05) is 0 Å². The van der Waals surface area contributed by atoms with Crippen LogP contribution in [0.4, 0.5) is 4.39 Å². The predicted molar refractivity (Wildman–Crippen MR) is 77.4 cm³/mol. The highest BCUT2D eigenvalue weighted by molar-refractivity contribution is 5.57. The normalized spacial score (nSPS) is 10.6. The molecule has 0 aliphatic heterocycles. The first-order valence-electron chi connectivity index (χ1n) is 6.62. The summed E-state index contributed by atoms with van der Waals surface area (Å²) in [6, 6.07) is 16.0. The topological polar surface area (TPSA) is 35.3 Å². The van der Waals surface area contributed by atoms with Crippen molar-refractivity contribution >= 4 is 0 Å². The van der Waals surface area contributed by atoms with Gasteiger partial charge in [-0.1, -0.05) is 47.1 Å². The first-order valence-corrected chi connectivity index (χ1v) is 6.62. The number of benzene rings is 2. The third kappa shape index (κ3) is 3.11. The molecule has 106 valence electrons. The minimum Gasteiger partial charge on any atom is -0.484 e. The fourth-order valence-electron chi connectivity index (χ4n) is 1.95. The van der Waals surface area contributed by atoms with Crippen molar-refractivity contribution in [2.45, 2.75) is 13.5 Å². The van der Waals surface area contributed by atoms with Gasteiger partial charge in [-0.15, -0.1) is 0 Å². The Bertz CT molecular complexity index is 735. The van der Waals surface area contributed by atoms with Crippen LogP contribution in [0.2, 0.25) is 0 Å². The van der Waals surface area contributed by atoms with Crippen LogP contribution < -0.4 is 4.74 Å². The first kappa shape index (κ1) is 13.4. The van der Waals surface area contributed by atoms with Gasteiger partial charge in [-0.3, -0.25) is 0 Å². The Hall–Kier alpha value is -2.62. The lowest BCUT2D eigenvalue weighted by atomic mass is 10.1. The maximum absolute atomic E-state index is 13.4. The highest BCUT2D eigenvalue weighted by atomic mass is 19.1. The molecule has 2 aromatic carbocycles. The Labute approximate surface area is 122 Å². The van der Waals surface area contributed by atoms with Crippen molar-refractivity contribution in [3.05, 3.63) is 71.7 Å². The summed E-state index contributed by atoms with van der Waals surface area (Å²) in [5.74, 6) is 0.485. The van der Waals surface area contributed by atoms with E-state index < -0.39 is 0 Å². The third-order valence-corrected chi connectivity index (χ3v) is 3.11. The van der Waals surface area contributed by atoms with Gasteiger partial charge in [0.15, 0.2) is 17.3 Å². The Balaban J connectivity index is 1.71. The van der Waals surface area contributed by atoms with Crippen LogP contribution in [0.1, 0.15) is 11.3 Å².